The Labute approximate surface area is 153 Å². The van der Waals surface area contributed by atoms with E-state index in [2.05, 4.69) is 36.5 Å². The van der Waals surface area contributed by atoms with Crippen molar-refractivity contribution in [1.29, 1.82) is 0 Å². The standard InChI is InChI=1S/C22H32N2O/c1-15-8-9-17-16(14-15)18(10-12-21(17,4)24-7)22(5)13-11-19(25-22)20(2,3)23-6/h14,16-19H,8-13H2,1-5H3/t16-,17-,18-,19-,21+,22+/m0/s1. The number of ether oxygens (including phenoxy) is 1. The van der Waals surface area contributed by atoms with Crippen molar-refractivity contribution in [1.82, 2.24) is 0 Å². The molecule has 0 unspecified atom stereocenters. The fourth-order valence-corrected chi connectivity index (χ4v) is 5.61. The topological polar surface area (TPSA) is 18.0 Å². The minimum Gasteiger partial charge on any atom is -0.363 e. The highest BCUT2D eigenvalue weighted by Crippen LogP contribution is 2.55. The zero-order valence-electron chi connectivity index (χ0n) is 16.4. The third kappa shape index (κ3) is 3.02. The van der Waals surface area contributed by atoms with Crippen molar-refractivity contribution >= 4 is 0 Å². The van der Waals surface area contributed by atoms with Crippen LogP contribution in [0, 0.1) is 30.9 Å². The van der Waals surface area contributed by atoms with Crippen LogP contribution in [0.25, 0.3) is 9.69 Å². The van der Waals surface area contributed by atoms with Crippen molar-refractivity contribution in [2.24, 2.45) is 17.8 Å². The lowest BCUT2D eigenvalue weighted by atomic mass is 9.56. The Bertz CT molecular complexity index is 652. The van der Waals surface area contributed by atoms with E-state index in [0.717, 1.165) is 38.5 Å². The van der Waals surface area contributed by atoms with Crippen LogP contribution in [0.2, 0.25) is 0 Å². The van der Waals surface area contributed by atoms with Crippen LogP contribution in [-0.2, 0) is 4.74 Å². The first kappa shape index (κ1) is 18.5. The van der Waals surface area contributed by atoms with Crippen molar-refractivity contribution < 1.29 is 4.74 Å². The number of hydrogen-bond donors (Lipinski definition) is 0. The number of hydrogen-bond acceptors (Lipinski definition) is 1. The molecule has 3 rings (SSSR count). The average Bonchev–Trinajstić information content (AvgIpc) is 2.99. The molecule has 2 aliphatic carbocycles. The van der Waals surface area contributed by atoms with Crippen LogP contribution in [0.5, 0.6) is 0 Å². The van der Waals surface area contributed by atoms with Crippen LogP contribution in [-0.4, -0.2) is 22.8 Å². The molecule has 3 aliphatic rings. The molecule has 0 bridgehead atoms. The van der Waals surface area contributed by atoms with Crippen LogP contribution >= 0.6 is 0 Å². The van der Waals surface area contributed by atoms with E-state index in [0.29, 0.717) is 17.8 Å². The van der Waals surface area contributed by atoms with Crippen molar-refractivity contribution in [2.75, 3.05) is 0 Å². The normalized spacial score (nSPS) is 44.4. The molecule has 3 nitrogen and oxygen atoms in total. The zero-order valence-corrected chi connectivity index (χ0v) is 16.4. The van der Waals surface area contributed by atoms with Crippen molar-refractivity contribution in [2.45, 2.75) is 95.9 Å². The molecule has 3 heteroatoms. The smallest absolute Gasteiger partial charge is 0.252 e. The fourth-order valence-electron chi connectivity index (χ4n) is 5.61. The summed E-state index contributed by atoms with van der Waals surface area (Å²) in [6.07, 6.45) is 8.80. The molecule has 1 heterocycles. The minimum atomic E-state index is -0.449. The van der Waals surface area contributed by atoms with E-state index in [1.165, 1.54) is 5.57 Å². The molecule has 6 atom stereocenters. The van der Waals surface area contributed by atoms with Crippen molar-refractivity contribution in [3.05, 3.63) is 34.5 Å². The molecule has 0 aromatic heterocycles. The molecule has 0 amide bonds. The van der Waals surface area contributed by atoms with Crippen molar-refractivity contribution in [3.8, 4) is 0 Å². The Balaban J connectivity index is 1.89. The first-order valence-electron chi connectivity index (χ1n) is 9.77. The number of fused-ring (bicyclic) bond motifs is 1. The molecule has 0 N–H and O–H groups in total. The lowest BCUT2D eigenvalue weighted by Gasteiger charge is -2.49. The molecule has 0 spiro atoms. The average molecular weight is 341 g/mol. The molecule has 1 saturated carbocycles. The molecule has 136 valence electrons. The van der Waals surface area contributed by atoms with Gasteiger partial charge < -0.3 is 14.4 Å². The Morgan fingerprint density at radius 1 is 1.12 bits per heavy atom. The first-order valence-corrected chi connectivity index (χ1v) is 9.77. The lowest BCUT2D eigenvalue weighted by Crippen LogP contribution is -2.52. The maximum absolute atomic E-state index is 7.77. The van der Waals surface area contributed by atoms with Gasteiger partial charge in [-0.15, -0.1) is 0 Å². The van der Waals surface area contributed by atoms with E-state index in [-0.39, 0.29) is 17.2 Å². The molecule has 0 aromatic carbocycles. The van der Waals surface area contributed by atoms with Crippen molar-refractivity contribution in [3.63, 3.8) is 0 Å². The van der Waals surface area contributed by atoms with Crippen LogP contribution in [0.15, 0.2) is 11.6 Å². The number of nitrogens with zero attached hydrogens (tertiary/aromatic N) is 2. The summed E-state index contributed by atoms with van der Waals surface area (Å²) in [6, 6.07) is 0. The molecular weight excluding hydrogens is 308 g/mol. The summed E-state index contributed by atoms with van der Waals surface area (Å²) >= 11 is 0. The van der Waals surface area contributed by atoms with Crippen LogP contribution in [0.3, 0.4) is 0 Å². The second-order valence-corrected chi connectivity index (χ2v) is 9.57. The fraction of sp³-hybridized carbons (Fsp3) is 0.818. The molecule has 0 radical (unpaired) electrons. The van der Waals surface area contributed by atoms with Gasteiger partial charge in [-0.2, -0.15) is 0 Å². The number of allylic oxidation sites excluding steroid dienone is 2. The van der Waals surface area contributed by atoms with E-state index in [9.17, 15) is 0 Å². The summed E-state index contributed by atoms with van der Waals surface area (Å²) in [6.45, 7) is 25.9. The quantitative estimate of drug-likeness (QED) is 0.467. The lowest BCUT2D eigenvalue weighted by molar-refractivity contribution is -0.112. The predicted octanol–water partition coefficient (Wildman–Crippen LogP) is 5.68. The van der Waals surface area contributed by atoms with Gasteiger partial charge in [0.05, 0.1) is 5.60 Å². The van der Waals surface area contributed by atoms with Gasteiger partial charge in [0.1, 0.15) is 6.10 Å². The van der Waals surface area contributed by atoms with Crippen LogP contribution in [0.1, 0.15) is 73.1 Å². The summed E-state index contributed by atoms with van der Waals surface area (Å²) < 4.78 is 6.61. The van der Waals surface area contributed by atoms with Gasteiger partial charge in [0, 0.05) is 33.1 Å². The van der Waals surface area contributed by atoms with Gasteiger partial charge >= 0.3 is 0 Å². The van der Waals surface area contributed by atoms with Gasteiger partial charge in [-0.05, 0) is 57.8 Å². The Kier molecular flexibility index (Phi) is 4.53. The second-order valence-electron chi connectivity index (χ2n) is 9.57. The largest absolute Gasteiger partial charge is 0.363 e. The molecule has 0 aromatic rings. The van der Waals surface area contributed by atoms with E-state index < -0.39 is 5.54 Å². The summed E-state index contributed by atoms with van der Waals surface area (Å²) in [5, 5.41) is 0. The van der Waals surface area contributed by atoms with Gasteiger partial charge in [-0.25, -0.2) is 13.1 Å². The summed E-state index contributed by atoms with van der Waals surface area (Å²) in [7, 11) is 0. The van der Waals surface area contributed by atoms with Gasteiger partial charge in [-0.1, -0.05) is 11.6 Å². The molecule has 1 saturated heterocycles. The van der Waals surface area contributed by atoms with Gasteiger partial charge in [0.15, 0.2) is 0 Å². The maximum Gasteiger partial charge on any atom is 0.252 e. The number of rotatable bonds is 2. The molecular formula is C22H32N2O. The highest BCUT2D eigenvalue weighted by atomic mass is 16.5. The summed E-state index contributed by atoms with van der Waals surface area (Å²) in [5.74, 6) is 1.36. The first-order chi connectivity index (χ1) is 11.6. The van der Waals surface area contributed by atoms with Gasteiger partial charge in [0.25, 0.3) is 5.54 Å². The summed E-state index contributed by atoms with van der Waals surface area (Å²) in [5.41, 5.74) is 0.644. The monoisotopic (exact) mass is 340 g/mol. The second kappa shape index (κ2) is 6.14. The van der Waals surface area contributed by atoms with Crippen LogP contribution in [0.4, 0.5) is 0 Å². The highest BCUT2D eigenvalue weighted by Gasteiger charge is 2.58. The van der Waals surface area contributed by atoms with E-state index in [1.54, 1.807) is 0 Å². The molecule has 1 aliphatic heterocycles. The third-order valence-corrected chi connectivity index (χ3v) is 7.45. The Morgan fingerprint density at radius 3 is 2.48 bits per heavy atom. The Hall–Kier alpha value is -1.32. The third-order valence-electron chi connectivity index (χ3n) is 7.45. The Morgan fingerprint density at radius 2 is 1.84 bits per heavy atom. The highest BCUT2D eigenvalue weighted by molar-refractivity contribution is 5.20. The minimum absolute atomic E-state index is 0.0243. The molecule has 2 fully saturated rings. The van der Waals surface area contributed by atoms with E-state index in [1.807, 2.05) is 13.8 Å². The predicted molar refractivity (Wildman–Crippen MR) is 101 cm³/mol. The van der Waals surface area contributed by atoms with E-state index in [4.69, 9.17) is 17.9 Å². The van der Waals surface area contributed by atoms with E-state index >= 15 is 0 Å². The van der Waals surface area contributed by atoms with Gasteiger partial charge in [-0.3, -0.25) is 0 Å². The molecule has 25 heavy (non-hydrogen) atoms. The zero-order chi connectivity index (χ0) is 18.5. The summed E-state index contributed by atoms with van der Waals surface area (Å²) in [4.78, 5) is 7.90. The van der Waals surface area contributed by atoms with Crippen LogP contribution < -0.4 is 0 Å². The SMILES string of the molecule is [C-]#[N+]C(C)(C)[C@@H]1CC[C@](C)([C@H]2CC[C@@](C)([N+]#[C-])[C@H]3CCC(C)=C[C@@H]32)O1. The van der Waals surface area contributed by atoms with Gasteiger partial charge in [0.2, 0.25) is 5.54 Å². The maximum atomic E-state index is 7.77.